The van der Waals surface area contributed by atoms with E-state index in [-0.39, 0.29) is 17.1 Å². The first-order valence-corrected chi connectivity index (χ1v) is 10.3. The highest BCUT2D eigenvalue weighted by Crippen LogP contribution is 2.40. The maximum Gasteiger partial charge on any atom is 0.345 e. The molecule has 0 fully saturated rings. The highest BCUT2D eigenvalue weighted by Gasteiger charge is 2.28. The molecule has 3 aromatic rings. The van der Waals surface area contributed by atoms with Gasteiger partial charge in [0.2, 0.25) is 5.88 Å². The Morgan fingerprint density at radius 1 is 1.20 bits per heavy atom. The van der Waals surface area contributed by atoms with E-state index in [9.17, 15) is 14.9 Å². The molecule has 0 radical (unpaired) electrons. The number of benzene rings is 2. The number of hydrogen-bond donors (Lipinski definition) is 0. The quantitative estimate of drug-likeness (QED) is 0.277. The molecule has 3 rings (SSSR count). The SMILES string of the molecule is Cc1nn(C(C)(C)C)c(OC(=O)c2cccc([N+](=O)[O-])c2)c1Sc1ccc(Cl)cc1. The number of hydrogen-bond acceptors (Lipinski definition) is 6. The van der Waals surface area contributed by atoms with Crippen LogP contribution >= 0.6 is 23.4 Å². The lowest BCUT2D eigenvalue weighted by Gasteiger charge is -2.22. The van der Waals surface area contributed by atoms with Crippen LogP contribution in [0.2, 0.25) is 5.02 Å². The van der Waals surface area contributed by atoms with E-state index in [4.69, 9.17) is 16.3 Å². The number of non-ortho nitro benzene ring substituents is 1. The first-order valence-electron chi connectivity index (χ1n) is 9.06. The highest BCUT2D eigenvalue weighted by molar-refractivity contribution is 7.99. The maximum absolute atomic E-state index is 12.8. The number of rotatable bonds is 5. The Bertz CT molecular complexity index is 1100. The second-order valence-electron chi connectivity index (χ2n) is 7.56. The summed E-state index contributed by atoms with van der Waals surface area (Å²) in [5.74, 6) is -0.404. The summed E-state index contributed by atoms with van der Waals surface area (Å²) >= 11 is 7.37. The highest BCUT2D eigenvalue weighted by atomic mass is 35.5. The smallest absolute Gasteiger partial charge is 0.345 e. The molecule has 9 heteroatoms. The lowest BCUT2D eigenvalue weighted by atomic mass is 10.1. The number of carbonyl (C=O) groups excluding carboxylic acids is 1. The van der Waals surface area contributed by atoms with Gasteiger partial charge in [0.15, 0.2) is 0 Å². The van der Waals surface area contributed by atoms with Gasteiger partial charge in [0.1, 0.15) is 0 Å². The van der Waals surface area contributed by atoms with Gasteiger partial charge < -0.3 is 4.74 Å². The van der Waals surface area contributed by atoms with Crippen LogP contribution in [0.5, 0.6) is 5.88 Å². The second kappa shape index (κ2) is 8.49. The van der Waals surface area contributed by atoms with E-state index in [1.807, 2.05) is 39.8 Å². The third-order valence-electron chi connectivity index (χ3n) is 4.12. The van der Waals surface area contributed by atoms with Crippen LogP contribution < -0.4 is 4.74 Å². The van der Waals surface area contributed by atoms with Gasteiger partial charge in [-0.25, -0.2) is 9.48 Å². The van der Waals surface area contributed by atoms with E-state index < -0.39 is 16.4 Å². The topological polar surface area (TPSA) is 87.3 Å². The zero-order valence-electron chi connectivity index (χ0n) is 16.9. The lowest BCUT2D eigenvalue weighted by molar-refractivity contribution is -0.384. The molecule has 7 nitrogen and oxygen atoms in total. The van der Waals surface area contributed by atoms with Crippen LogP contribution in [0.15, 0.2) is 58.3 Å². The van der Waals surface area contributed by atoms with E-state index in [1.165, 1.54) is 36.0 Å². The number of halogens is 1. The lowest BCUT2D eigenvalue weighted by Crippen LogP contribution is -2.25. The average Bonchev–Trinajstić information content (AvgIpc) is 2.99. The number of esters is 1. The third kappa shape index (κ3) is 4.83. The summed E-state index contributed by atoms with van der Waals surface area (Å²) in [5, 5.41) is 16.2. The fourth-order valence-corrected chi connectivity index (χ4v) is 3.70. The molecule has 0 spiro atoms. The van der Waals surface area contributed by atoms with Gasteiger partial charge in [0.25, 0.3) is 5.69 Å². The molecule has 30 heavy (non-hydrogen) atoms. The van der Waals surface area contributed by atoms with Crippen molar-refractivity contribution in [3.63, 3.8) is 0 Å². The van der Waals surface area contributed by atoms with Crippen molar-refractivity contribution in [2.24, 2.45) is 0 Å². The van der Waals surface area contributed by atoms with Gasteiger partial charge in [-0.2, -0.15) is 5.10 Å². The van der Waals surface area contributed by atoms with E-state index in [1.54, 1.807) is 16.8 Å². The Morgan fingerprint density at radius 3 is 2.47 bits per heavy atom. The number of nitro benzene ring substituents is 1. The van der Waals surface area contributed by atoms with Gasteiger partial charge in [-0.3, -0.25) is 10.1 Å². The first-order chi connectivity index (χ1) is 14.1. The minimum atomic E-state index is -0.693. The minimum Gasteiger partial charge on any atom is -0.403 e. The van der Waals surface area contributed by atoms with Gasteiger partial charge in [-0.1, -0.05) is 29.4 Å². The standard InChI is InChI=1S/C21H20ClN3O4S/c1-13-18(30-17-10-8-15(22)9-11-17)19(24(23-13)21(2,3)4)29-20(26)14-6-5-7-16(12-14)25(27)28/h5-12H,1-4H3. The van der Waals surface area contributed by atoms with E-state index in [0.717, 1.165) is 4.90 Å². The molecule has 1 aromatic heterocycles. The molecular weight excluding hydrogens is 426 g/mol. The van der Waals surface area contributed by atoms with Crippen molar-refractivity contribution in [3.8, 4) is 5.88 Å². The van der Waals surface area contributed by atoms with Crippen molar-refractivity contribution in [3.05, 3.63) is 74.9 Å². The van der Waals surface area contributed by atoms with Crippen molar-refractivity contribution >= 4 is 35.0 Å². The number of nitrogens with zero attached hydrogens (tertiary/aromatic N) is 3. The molecule has 156 valence electrons. The maximum atomic E-state index is 12.8. The molecule has 0 saturated carbocycles. The summed E-state index contributed by atoms with van der Waals surface area (Å²) < 4.78 is 7.38. The minimum absolute atomic E-state index is 0.0888. The molecule has 0 N–H and O–H groups in total. The Hall–Kier alpha value is -2.84. The molecular formula is C21H20ClN3O4S. The zero-order chi connectivity index (χ0) is 22.1. The molecule has 0 aliphatic carbocycles. The van der Waals surface area contributed by atoms with Crippen molar-refractivity contribution < 1.29 is 14.5 Å². The monoisotopic (exact) mass is 445 g/mol. The van der Waals surface area contributed by atoms with Crippen molar-refractivity contribution in [2.75, 3.05) is 0 Å². The number of aromatic nitrogens is 2. The molecule has 0 aliphatic heterocycles. The fraction of sp³-hybridized carbons (Fsp3) is 0.238. The van der Waals surface area contributed by atoms with Gasteiger partial charge in [0, 0.05) is 22.1 Å². The van der Waals surface area contributed by atoms with Crippen molar-refractivity contribution in [1.82, 2.24) is 9.78 Å². The first kappa shape index (κ1) is 21.9. The summed E-state index contributed by atoms with van der Waals surface area (Å²) in [4.78, 5) is 24.9. The summed E-state index contributed by atoms with van der Waals surface area (Å²) in [6.45, 7) is 7.67. The van der Waals surface area contributed by atoms with E-state index in [0.29, 0.717) is 15.6 Å². The van der Waals surface area contributed by atoms with E-state index in [2.05, 4.69) is 5.10 Å². The zero-order valence-corrected chi connectivity index (χ0v) is 18.5. The number of ether oxygens (including phenoxy) is 1. The Balaban J connectivity index is 2.01. The molecule has 0 atom stereocenters. The Morgan fingerprint density at radius 2 is 1.87 bits per heavy atom. The predicted molar refractivity (Wildman–Crippen MR) is 116 cm³/mol. The molecule has 0 amide bonds. The van der Waals surface area contributed by atoms with Crippen LogP contribution in [0.3, 0.4) is 0 Å². The average molecular weight is 446 g/mol. The van der Waals surface area contributed by atoms with Crippen LogP contribution in [-0.4, -0.2) is 20.7 Å². The van der Waals surface area contributed by atoms with Crippen molar-refractivity contribution in [2.45, 2.75) is 43.0 Å². The molecule has 0 bridgehead atoms. The second-order valence-corrected chi connectivity index (χ2v) is 9.08. The molecule has 2 aromatic carbocycles. The third-order valence-corrected chi connectivity index (χ3v) is 5.55. The van der Waals surface area contributed by atoms with Gasteiger partial charge >= 0.3 is 5.97 Å². The summed E-state index contributed by atoms with van der Waals surface area (Å²) in [6.07, 6.45) is 0. The number of nitro groups is 1. The van der Waals surface area contributed by atoms with Gasteiger partial charge in [-0.15, -0.1) is 0 Å². The summed E-state index contributed by atoms with van der Waals surface area (Å²) in [5.41, 5.74) is 0.153. The van der Waals surface area contributed by atoms with Crippen LogP contribution in [0.25, 0.3) is 0 Å². The molecule has 1 heterocycles. The van der Waals surface area contributed by atoms with Crippen molar-refractivity contribution in [1.29, 1.82) is 0 Å². The number of carbonyl (C=O) groups is 1. The van der Waals surface area contributed by atoms with Gasteiger partial charge in [0.05, 0.1) is 26.6 Å². The molecule has 0 aliphatic rings. The Labute approximate surface area is 183 Å². The summed E-state index contributed by atoms with van der Waals surface area (Å²) in [7, 11) is 0. The van der Waals surface area contributed by atoms with Crippen LogP contribution in [-0.2, 0) is 5.54 Å². The van der Waals surface area contributed by atoms with Gasteiger partial charge in [-0.05, 0) is 58.0 Å². The number of aryl methyl sites for hydroxylation is 1. The largest absolute Gasteiger partial charge is 0.403 e. The molecule has 0 unspecified atom stereocenters. The summed E-state index contributed by atoms with van der Waals surface area (Å²) in [6, 6.07) is 12.7. The fourth-order valence-electron chi connectivity index (χ4n) is 2.67. The predicted octanol–water partition coefficient (Wildman–Crippen LogP) is 5.88. The van der Waals surface area contributed by atoms with Crippen LogP contribution in [0.1, 0.15) is 36.8 Å². The Kier molecular flexibility index (Phi) is 6.19. The normalized spacial score (nSPS) is 11.4. The van der Waals surface area contributed by atoms with Crippen LogP contribution in [0, 0.1) is 17.0 Å². The molecule has 0 saturated heterocycles. The van der Waals surface area contributed by atoms with E-state index >= 15 is 0 Å². The van der Waals surface area contributed by atoms with Crippen LogP contribution in [0.4, 0.5) is 5.69 Å².